The maximum atomic E-state index is 11.4. The van der Waals surface area contributed by atoms with Gasteiger partial charge in [0.15, 0.2) is 0 Å². The quantitative estimate of drug-likeness (QED) is 0.367. The van der Waals surface area contributed by atoms with E-state index in [1.807, 2.05) is 18.2 Å². The maximum Gasteiger partial charge on any atom is 0.265 e. The average molecular weight is 276 g/mol. The maximum absolute atomic E-state index is 11.4. The number of hydrogen-bond acceptors (Lipinski definition) is 4. The van der Waals surface area contributed by atoms with E-state index < -0.39 is 0 Å². The van der Waals surface area contributed by atoms with Crippen molar-refractivity contribution >= 4 is 17.2 Å². The van der Waals surface area contributed by atoms with Gasteiger partial charge in [0.25, 0.3) is 5.91 Å². The molecule has 19 heavy (non-hydrogen) atoms. The Morgan fingerprint density at radius 2 is 2.21 bits per heavy atom. The molecule has 0 aliphatic rings. The van der Waals surface area contributed by atoms with Crippen LogP contribution in [0.5, 0.6) is 0 Å². The first-order chi connectivity index (χ1) is 9.29. The van der Waals surface area contributed by atoms with E-state index in [4.69, 9.17) is 10.6 Å². The van der Waals surface area contributed by atoms with Crippen LogP contribution in [-0.2, 0) is 17.8 Å². The molecule has 2 aromatic rings. The number of nitrogens with two attached hydrogens (primary N) is 1. The molecular weight excluding hydrogens is 260 g/mol. The zero-order valence-electron chi connectivity index (χ0n) is 10.5. The summed E-state index contributed by atoms with van der Waals surface area (Å²) in [5.41, 5.74) is 3.62. The molecule has 1 aromatic heterocycles. The van der Waals surface area contributed by atoms with Crippen LogP contribution < -0.4 is 11.3 Å². The summed E-state index contributed by atoms with van der Waals surface area (Å²) < 4.78 is 5.61. The van der Waals surface area contributed by atoms with Crippen molar-refractivity contribution in [1.82, 2.24) is 5.43 Å². The zero-order chi connectivity index (χ0) is 13.5. The minimum absolute atomic E-state index is 0.291. The van der Waals surface area contributed by atoms with Crippen molar-refractivity contribution < 1.29 is 9.53 Å². The van der Waals surface area contributed by atoms with Gasteiger partial charge < -0.3 is 4.74 Å². The number of hydrogen-bond donors (Lipinski definition) is 2. The molecule has 0 aliphatic heterocycles. The van der Waals surface area contributed by atoms with E-state index in [9.17, 15) is 4.79 Å². The number of carbonyl (C=O) groups excluding carboxylic acids is 1. The molecule has 3 N–H and O–H groups in total. The highest BCUT2D eigenvalue weighted by Crippen LogP contribution is 2.10. The minimum Gasteiger partial charge on any atom is -0.376 e. The predicted octanol–water partition coefficient (Wildman–Crippen LogP) is 2.11. The van der Waals surface area contributed by atoms with Crippen molar-refractivity contribution in [2.75, 3.05) is 6.61 Å². The Kier molecular flexibility index (Phi) is 5.09. The third-order valence-electron chi connectivity index (χ3n) is 2.66. The molecule has 0 saturated heterocycles. The number of hydrazine groups is 1. The number of carbonyl (C=O) groups is 1. The Labute approximate surface area is 116 Å². The molecule has 0 spiro atoms. The number of thiophene rings is 1. The van der Waals surface area contributed by atoms with Crippen molar-refractivity contribution in [1.29, 1.82) is 0 Å². The summed E-state index contributed by atoms with van der Waals surface area (Å²) in [4.78, 5) is 12.7. The molecule has 4 nitrogen and oxygen atoms in total. The van der Waals surface area contributed by atoms with E-state index in [-0.39, 0.29) is 5.91 Å². The van der Waals surface area contributed by atoms with Gasteiger partial charge in [-0.15, -0.1) is 11.3 Å². The third-order valence-corrected chi connectivity index (χ3v) is 3.60. The smallest absolute Gasteiger partial charge is 0.265 e. The fourth-order valence-corrected chi connectivity index (χ4v) is 2.39. The van der Waals surface area contributed by atoms with Gasteiger partial charge in [0, 0.05) is 16.9 Å². The fraction of sp³-hybridized carbons (Fsp3) is 0.214. The normalized spacial score (nSPS) is 10.4. The van der Waals surface area contributed by atoms with Crippen molar-refractivity contribution in [3.63, 3.8) is 0 Å². The van der Waals surface area contributed by atoms with Crippen LogP contribution in [0, 0.1) is 0 Å². The summed E-state index contributed by atoms with van der Waals surface area (Å²) in [5.74, 6) is 4.81. The molecular formula is C14H16N2O2S. The van der Waals surface area contributed by atoms with Crippen LogP contribution in [0.4, 0.5) is 0 Å². The molecule has 0 radical (unpaired) electrons. The van der Waals surface area contributed by atoms with Crippen LogP contribution in [-0.4, -0.2) is 12.5 Å². The van der Waals surface area contributed by atoms with E-state index in [1.165, 1.54) is 4.88 Å². The summed E-state index contributed by atoms with van der Waals surface area (Å²) in [6.07, 6.45) is 0.917. The Morgan fingerprint density at radius 1 is 1.32 bits per heavy atom. The highest BCUT2D eigenvalue weighted by Gasteiger charge is 2.04. The summed E-state index contributed by atoms with van der Waals surface area (Å²) in [6.45, 7) is 1.17. The van der Waals surface area contributed by atoms with Gasteiger partial charge in [-0.25, -0.2) is 5.84 Å². The van der Waals surface area contributed by atoms with Gasteiger partial charge in [-0.3, -0.25) is 10.2 Å². The Morgan fingerprint density at radius 3 is 2.95 bits per heavy atom. The third kappa shape index (κ3) is 4.17. The van der Waals surface area contributed by atoms with Gasteiger partial charge in [0.2, 0.25) is 0 Å². The number of benzene rings is 1. The SMILES string of the molecule is NNC(=O)c1cccc(COCCc2cccs2)c1. The Hall–Kier alpha value is -1.69. The predicted molar refractivity (Wildman–Crippen MR) is 75.8 cm³/mol. The molecule has 1 heterocycles. The first-order valence-corrected chi connectivity index (χ1v) is 6.87. The Balaban J connectivity index is 1.81. The van der Waals surface area contributed by atoms with Gasteiger partial charge in [-0.2, -0.15) is 0 Å². The molecule has 1 amide bonds. The molecule has 0 fully saturated rings. The van der Waals surface area contributed by atoms with E-state index in [1.54, 1.807) is 23.5 Å². The van der Waals surface area contributed by atoms with Crippen LogP contribution in [0.25, 0.3) is 0 Å². The van der Waals surface area contributed by atoms with Gasteiger partial charge >= 0.3 is 0 Å². The van der Waals surface area contributed by atoms with Gasteiger partial charge in [0.05, 0.1) is 13.2 Å². The monoisotopic (exact) mass is 276 g/mol. The first kappa shape index (κ1) is 13.7. The second kappa shape index (κ2) is 7.04. The van der Waals surface area contributed by atoms with Crippen LogP contribution in [0.3, 0.4) is 0 Å². The van der Waals surface area contributed by atoms with E-state index in [0.29, 0.717) is 18.8 Å². The van der Waals surface area contributed by atoms with E-state index in [0.717, 1.165) is 12.0 Å². The van der Waals surface area contributed by atoms with Crippen molar-refractivity contribution in [2.45, 2.75) is 13.0 Å². The lowest BCUT2D eigenvalue weighted by Crippen LogP contribution is -2.29. The molecule has 0 aliphatic carbocycles. The largest absolute Gasteiger partial charge is 0.376 e. The molecule has 0 unspecified atom stereocenters. The summed E-state index contributed by atoms with van der Waals surface area (Å²) in [5, 5.41) is 2.06. The molecule has 100 valence electrons. The highest BCUT2D eigenvalue weighted by molar-refractivity contribution is 7.09. The first-order valence-electron chi connectivity index (χ1n) is 5.99. The van der Waals surface area contributed by atoms with Crippen molar-refractivity contribution in [2.24, 2.45) is 5.84 Å². The average Bonchev–Trinajstić information content (AvgIpc) is 2.96. The molecule has 5 heteroatoms. The van der Waals surface area contributed by atoms with Crippen LogP contribution in [0.1, 0.15) is 20.8 Å². The Bertz CT molecular complexity index is 526. The second-order valence-corrected chi connectivity index (χ2v) is 5.09. The topological polar surface area (TPSA) is 64.3 Å². The molecule has 1 aromatic carbocycles. The number of nitrogen functional groups attached to an aromatic ring is 1. The molecule has 0 saturated carbocycles. The summed E-state index contributed by atoms with van der Waals surface area (Å²) >= 11 is 1.73. The molecule has 2 rings (SSSR count). The van der Waals surface area contributed by atoms with E-state index >= 15 is 0 Å². The van der Waals surface area contributed by atoms with Crippen molar-refractivity contribution in [3.8, 4) is 0 Å². The second-order valence-electron chi connectivity index (χ2n) is 4.06. The summed E-state index contributed by atoms with van der Waals surface area (Å²) in [7, 11) is 0. The lowest BCUT2D eigenvalue weighted by atomic mass is 10.1. The van der Waals surface area contributed by atoms with E-state index in [2.05, 4.69) is 16.9 Å². The molecule has 0 bridgehead atoms. The van der Waals surface area contributed by atoms with Gasteiger partial charge in [-0.05, 0) is 29.1 Å². The number of rotatable bonds is 6. The zero-order valence-corrected chi connectivity index (χ0v) is 11.3. The van der Waals surface area contributed by atoms with Gasteiger partial charge in [-0.1, -0.05) is 18.2 Å². The summed E-state index contributed by atoms with van der Waals surface area (Å²) in [6, 6.07) is 11.4. The fourth-order valence-electron chi connectivity index (χ4n) is 1.70. The number of amides is 1. The lowest BCUT2D eigenvalue weighted by molar-refractivity contribution is 0.0953. The van der Waals surface area contributed by atoms with Crippen LogP contribution in [0.2, 0.25) is 0 Å². The van der Waals surface area contributed by atoms with Crippen molar-refractivity contribution in [3.05, 3.63) is 57.8 Å². The lowest BCUT2D eigenvalue weighted by Gasteiger charge is -2.05. The van der Waals surface area contributed by atoms with Crippen LogP contribution >= 0.6 is 11.3 Å². The highest BCUT2D eigenvalue weighted by atomic mass is 32.1. The standard InChI is InChI=1S/C14H16N2O2S/c15-16-14(17)12-4-1-3-11(9-12)10-18-7-6-13-5-2-8-19-13/h1-5,8-9H,6-7,10,15H2,(H,16,17). The number of ether oxygens (including phenoxy) is 1. The van der Waals surface area contributed by atoms with Crippen LogP contribution in [0.15, 0.2) is 41.8 Å². The van der Waals surface area contributed by atoms with Gasteiger partial charge in [0.1, 0.15) is 0 Å². The molecule has 0 atom stereocenters. The minimum atomic E-state index is -0.291. The number of nitrogens with one attached hydrogen (secondary N) is 1.